The maximum atomic E-state index is 11.6. The number of rotatable bonds is 6. The van der Waals surface area contributed by atoms with E-state index < -0.39 is 11.8 Å². The second kappa shape index (κ2) is 9.74. The first-order valence-corrected chi connectivity index (χ1v) is 8.71. The molecule has 0 aliphatic heterocycles. The fourth-order valence-corrected chi connectivity index (χ4v) is 2.40. The van der Waals surface area contributed by atoms with Crippen LogP contribution in [0.3, 0.4) is 0 Å². The zero-order valence-corrected chi connectivity index (χ0v) is 16.0. The fraction of sp³-hybridized carbons (Fsp3) is 0.0556. The Balaban J connectivity index is 2.09. The van der Waals surface area contributed by atoms with Crippen molar-refractivity contribution in [1.82, 2.24) is 10.7 Å². The van der Waals surface area contributed by atoms with E-state index in [9.17, 15) is 9.59 Å². The van der Waals surface area contributed by atoms with Gasteiger partial charge in [-0.25, -0.2) is 5.43 Å². The third-order valence-corrected chi connectivity index (χ3v) is 3.86. The third-order valence-electron chi connectivity index (χ3n) is 3.12. The number of nitrogens with one attached hydrogen (secondary N) is 3. The molecular formula is C18H16BrClN4O2. The van der Waals surface area contributed by atoms with Crippen LogP contribution >= 0.6 is 27.5 Å². The van der Waals surface area contributed by atoms with E-state index in [2.05, 4.69) is 43.7 Å². The molecule has 0 aromatic heterocycles. The van der Waals surface area contributed by atoms with Gasteiger partial charge < -0.3 is 10.6 Å². The number of benzene rings is 2. The Hall–Kier alpha value is -2.64. The van der Waals surface area contributed by atoms with Gasteiger partial charge in [-0.2, -0.15) is 5.10 Å². The average Bonchev–Trinajstić information content (AvgIpc) is 2.63. The maximum absolute atomic E-state index is 11.6. The van der Waals surface area contributed by atoms with Crippen molar-refractivity contribution < 1.29 is 9.59 Å². The summed E-state index contributed by atoms with van der Waals surface area (Å²) in [5, 5.41) is 10.1. The number of nitrogens with zero attached hydrogens (tertiary/aromatic N) is 1. The Bertz CT molecular complexity index is 838. The first kappa shape index (κ1) is 19.7. The first-order chi connectivity index (χ1) is 12.5. The van der Waals surface area contributed by atoms with Crippen molar-refractivity contribution in [3.05, 3.63) is 70.2 Å². The van der Waals surface area contributed by atoms with E-state index in [-0.39, 0.29) is 6.54 Å². The Morgan fingerprint density at radius 3 is 2.58 bits per heavy atom. The van der Waals surface area contributed by atoms with Gasteiger partial charge in [-0.05, 0) is 42.5 Å². The molecule has 0 radical (unpaired) electrons. The van der Waals surface area contributed by atoms with Gasteiger partial charge in [0.25, 0.3) is 0 Å². The Morgan fingerprint density at radius 2 is 1.88 bits per heavy atom. The predicted molar refractivity (Wildman–Crippen MR) is 108 cm³/mol. The Morgan fingerprint density at radius 1 is 1.15 bits per heavy atom. The largest absolute Gasteiger partial charge is 0.355 e. The lowest BCUT2D eigenvalue weighted by Gasteiger charge is -2.10. The topological polar surface area (TPSA) is 82.6 Å². The van der Waals surface area contributed by atoms with Crippen LogP contribution < -0.4 is 16.1 Å². The molecule has 0 bridgehead atoms. The molecule has 0 saturated carbocycles. The van der Waals surface area contributed by atoms with Crippen LogP contribution in [0.25, 0.3) is 0 Å². The van der Waals surface area contributed by atoms with Crippen molar-refractivity contribution in [1.29, 1.82) is 0 Å². The summed E-state index contributed by atoms with van der Waals surface area (Å²) in [6.45, 7) is 3.66. The summed E-state index contributed by atoms with van der Waals surface area (Å²) in [5.74, 6) is -1.64. The molecule has 0 fully saturated rings. The molecule has 2 amide bonds. The van der Waals surface area contributed by atoms with Gasteiger partial charge in [0.1, 0.15) is 0 Å². The van der Waals surface area contributed by atoms with E-state index in [1.807, 2.05) is 30.3 Å². The van der Waals surface area contributed by atoms with Gasteiger partial charge in [0.2, 0.25) is 0 Å². The zero-order valence-electron chi connectivity index (χ0n) is 13.6. The molecule has 8 heteroatoms. The van der Waals surface area contributed by atoms with Crippen LogP contribution in [0, 0.1) is 0 Å². The highest BCUT2D eigenvalue weighted by atomic mass is 79.9. The fourth-order valence-electron chi connectivity index (χ4n) is 1.90. The van der Waals surface area contributed by atoms with Crippen molar-refractivity contribution in [2.24, 2.45) is 5.10 Å². The minimum Gasteiger partial charge on any atom is -0.355 e. The summed E-state index contributed by atoms with van der Waals surface area (Å²) in [6.07, 6.45) is 2.92. The lowest BCUT2D eigenvalue weighted by Crippen LogP contribution is -2.37. The summed E-state index contributed by atoms with van der Waals surface area (Å²) in [7, 11) is 0. The van der Waals surface area contributed by atoms with E-state index in [0.29, 0.717) is 10.6 Å². The van der Waals surface area contributed by atoms with Gasteiger partial charge in [0, 0.05) is 33.0 Å². The van der Waals surface area contributed by atoms with Crippen molar-refractivity contribution in [2.45, 2.75) is 0 Å². The minimum absolute atomic E-state index is 0.205. The van der Waals surface area contributed by atoms with Crippen LogP contribution in [0.4, 0.5) is 11.4 Å². The molecule has 0 saturated heterocycles. The van der Waals surface area contributed by atoms with Crippen LogP contribution in [0.15, 0.2) is 64.7 Å². The molecule has 3 N–H and O–H groups in total. The normalized spacial score (nSPS) is 10.4. The van der Waals surface area contributed by atoms with Crippen molar-refractivity contribution in [3.8, 4) is 0 Å². The quantitative estimate of drug-likeness (QED) is 0.281. The van der Waals surface area contributed by atoms with Crippen LogP contribution in [0.2, 0.25) is 5.02 Å². The van der Waals surface area contributed by atoms with E-state index >= 15 is 0 Å². The van der Waals surface area contributed by atoms with Crippen LogP contribution in [-0.2, 0) is 9.59 Å². The van der Waals surface area contributed by atoms with Gasteiger partial charge in [0.05, 0.1) is 6.21 Å². The molecule has 26 heavy (non-hydrogen) atoms. The van der Waals surface area contributed by atoms with Crippen molar-refractivity contribution in [3.63, 3.8) is 0 Å². The third kappa shape index (κ3) is 6.02. The molecule has 2 aromatic rings. The number of hydrazone groups is 1. The smallest absolute Gasteiger partial charge is 0.329 e. The van der Waals surface area contributed by atoms with Crippen molar-refractivity contribution >= 4 is 56.9 Å². The number of carbonyl (C=O) groups excluding carboxylic acids is 2. The van der Waals surface area contributed by atoms with E-state index in [4.69, 9.17) is 11.6 Å². The van der Waals surface area contributed by atoms with Gasteiger partial charge >= 0.3 is 11.8 Å². The summed E-state index contributed by atoms with van der Waals surface area (Å²) < 4.78 is 0.843. The highest BCUT2D eigenvalue weighted by molar-refractivity contribution is 9.10. The predicted octanol–water partition coefficient (Wildman–Crippen LogP) is 3.60. The summed E-state index contributed by atoms with van der Waals surface area (Å²) in [4.78, 5) is 23.1. The molecule has 0 spiro atoms. The maximum Gasteiger partial charge on any atom is 0.329 e. The molecule has 6 nitrogen and oxygen atoms in total. The highest BCUT2D eigenvalue weighted by Crippen LogP contribution is 2.24. The van der Waals surface area contributed by atoms with E-state index in [1.54, 1.807) is 12.1 Å². The lowest BCUT2D eigenvalue weighted by atomic mass is 10.2. The molecule has 2 rings (SSSR count). The number of anilines is 2. The SMILES string of the molecule is C=CCNC(=O)C(=O)N/N=C\c1cc(Br)ccc1Nc1ccc(Cl)cc1. The molecule has 2 aromatic carbocycles. The lowest BCUT2D eigenvalue weighted by molar-refractivity contribution is -0.139. The monoisotopic (exact) mass is 434 g/mol. The summed E-state index contributed by atoms with van der Waals surface area (Å²) in [5.41, 5.74) is 4.51. The summed E-state index contributed by atoms with van der Waals surface area (Å²) in [6, 6.07) is 12.8. The molecule has 0 aliphatic carbocycles. The van der Waals surface area contributed by atoms with Crippen molar-refractivity contribution in [2.75, 3.05) is 11.9 Å². The van der Waals surface area contributed by atoms with Crippen LogP contribution in [-0.4, -0.2) is 24.6 Å². The van der Waals surface area contributed by atoms with Gasteiger partial charge in [-0.3, -0.25) is 9.59 Å². The van der Waals surface area contributed by atoms with E-state index in [0.717, 1.165) is 15.8 Å². The van der Waals surface area contributed by atoms with E-state index in [1.165, 1.54) is 12.3 Å². The van der Waals surface area contributed by atoms with Crippen LogP contribution in [0.1, 0.15) is 5.56 Å². The first-order valence-electron chi connectivity index (χ1n) is 7.54. The highest BCUT2D eigenvalue weighted by Gasteiger charge is 2.10. The minimum atomic E-state index is -0.856. The summed E-state index contributed by atoms with van der Waals surface area (Å²) >= 11 is 9.28. The molecule has 0 heterocycles. The van der Waals surface area contributed by atoms with Gasteiger partial charge in [0.15, 0.2) is 0 Å². The second-order valence-corrected chi connectivity index (χ2v) is 6.41. The molecular weight excluding hydrogens is 420 g/mol. The number of carbonyl (C=O) groups is 2. The Labute approximate surface area is 164 Å². The molecule has 134 valence electrons. The second-order valence-electron chi connectivity index (χ2n) is 5.06. The number of amides is 2. The van der Waals surface area contributed by atoms with Gasteiger partial charge in [-0.1, -0.05) is 33.6 Å². The molecule has 0 atom stereocenters. The molecule has 0 aliphatic rings. The van der Waals surface area contributed by atoms with Crippen LogP contribution in [0.5, 0.6) is 0 Å². The number of halogens is 2. The zero-order chi connectivity index (χ0) is 18.9. The number of hydrogen-bond donors (Lipinski definition) is 3. The molecule has 0 unspecified atom stereocenters. The number of hydrogen-bond acceptors (Lipinski definition) is 4. The standard InChI is InChI=1S/C18H16BrClN4O2/c1-2-9-21-17(25)18(26)24-22-11-12-10-13(19)3-8-16(12)23-15-6-4-14(20)5-7-15/h2-8,10-11,23H,1,9H2,(H,21,25)(H,24,26)/b22-11-. The Kier molecular flexibility index (Phi) is 7.37. The van der Waals surface area contributed by atoms with Gasteiger partial charge in [-0.15, -0.1) is 6.58 Å². The average molecular weight is 436 g/mol.